The van der Waals surface area contributed by atoms with E-state index in [1.165, 1.54) is 47.7 Å². The molecule has 0 aromatic heterocycles. The quantitative estimate of drug-likeness (QED) is 0.0336. The van der Waals surface area contributed by atoms with Crippen LogP contribution in [0.4, 0.5) is 22.7 Å². The fraction of sp³-hybridized carbons (Fsp3) is 0.0833. The van der Waals surface area contributed by atoms with E-state index in [1.54, 1.807) is 48.5 Å². The fourth-order valence-electron chi connectivity index (χ4n) is 6.42. The number of amides is 2. The van der Waals surface area contributed by atoms with Crippen molar-refractivity contribution in [3.05, 3.63) is 189 Å². The molecule has 8 rings (SSSR count). The van der Waals surface area contributed by atoms with E-state index < -0.39 is 23.8 Å². The van der Waals surface area contributed by atoms with Crippen molar-refractivity contribution in [1.29, 1.82) is 0 Å². The number of benzene rings is 6. The summed E-state index contributed by atoms with van der Waals surface area (Å²) in [6.45, 7) is 1.44. The number of ketones is 1. The molecule has 0 saturated carbocycles. The van der Waals surface area contributed by atoms with Crippen molar-refractivity contribution in [2.24, 2.45) is 9.98 Å². The predicted octanol–water partition coefficient (Wildman–Crippen LogP) is 8.23. The number of aliphatic imine (C=N–C) groups is 2. The Morgan fingerprint density at radius 2 is 1.02 bits per heavy atom. The molecular weight excluding hydrogens is 793 g/mol. The molecule has 2 aliphatic rings. The number of carbonyl (C=O) groups is 6. The largest absolute Gasteiger partial charge is 0.478 e. The van der Waals surface area contributed by atoms with Crippen LogP contribution in [0.25, 0.3) is 0 Å². The Morgan fingerprint density at radius 3 is 1.50 bits per heavy atom. The number of aromatic carboxylic acids is 1. The van der Waals surface area contributed by atoms with Crippen LogP contribution in [0.1, 0.15) is 91.3 Å². The first-order chi connectivity index (χ1) is 29.9. The van der Waals surface area contributed by atoms with Gasteiger partial charge in [-0.1, -0.05) is 54.6 Å². The highest BCUT2D eigenvalue weighted by atomic mass is 16.6. The molecule has 2 amide bonds. The minimum Gasteiger partial charge on any atom is -0.478 e. The van der Waals surface area contributed by atoms with Crippen LogP contribution < -0.4 is 10.2 Å². The van der Waals surface area contributed by atoms with E-state index in [9.17, 15) is 38.4 Å². The Morgan fingerprint density at radius 1 is 0.581 bits per heavy atom. The lowest BCUT2D eigenvalue weighted by molar-refractivity contribution is 0.0442. The Labute approximate surface area is 353 Å². The van der Waals surface area contributed by atoms with Crippen LogP contribution in [0.3, 0.4) is 0 Å². The summed E-state index contributed by atoms with van der Waals surface area (Å²) < 4.78 is 4.30. The number of isocyanates is 2. The number of hydrogen-bond acceptors (Lipinski definition) is 12. The molecule has 2 N–H and O–H groups in total. The number of nitrogens with zero attached hydrogens (tertiary/aromatic N) is 3. The molecule has 62 heavy (non-hydrogen) atoms. The molecule has 6 aromatic carbocycles. The first-order valence-electron chi connectivity index (χ1n) is 18.8. The third-order valence-corrected chi connectivity index (χ3v) is 9.66. The minimum absolute atomic E-state index is 0.00917. The van der Waals surface area contributed by atoms with Gasteiger partial charge in [0.05, 0.1) is 44.9 Å². The third kappa shape index (κ3) is 10.1. The van der Waals surface area contributed by atoms with Crippen LogP contribution in [-0.2, 0) is 27.2 Å². The summed E-state index contributed by atoms with van der Waals surface area (Å²) in [6.07, 6.45) is 4.53. The number of ether oxygens (including phenoxy) is 1. The number of cyclic esters (lactones) is 2. The molecule has 2 aliphatic heterocycles. The molecule has 0 spiro atoms. The van der Waals surface area contributed by atoms with Crippen molar-refractivity contribution in [2.75, 3.05) is 17.3 Å². The Bertz CT molecular complexity index is 2760. The summed E-state index contributed by atoms with van der Waals surface area (Å²) in [5.41, 5.74) is 8.34. The molecule has 0 unspecified atom stereocenters. The average Bonchev–Trinajstić information content (AvgIpc) is 3.71. The number of nitrogens with one attached hydrogen (secondary N) is 1. The molecule has 6 aromatic rings. The monoisotopic (exact) mass is 826 g/mol. The standard InChI is InChI=1S/C24H20N2O3.C15H10N2O2.C9H4O5/c1-15(27)18-7-12-21-22(14-18)24(29)26(23(21)28)20-10-5-17(6-11-20)13-16-3-8-19(25-2)9-4-16;18-10-16-14-5-1-12(2-6-14)9-13-3-7-15(8-4-13)17-11-19;10-7(11)4-1-2-5-6(3-4)9(13)14-8(5)12/h3-12,14,25H,13H2,1-2H3;1-8H,9H2;1-3H,(H,10,11). The smallest absolute Gasteiger partial charge is 0.346 e. The van der Waals surface area contributed by atoms with E-state index in [0.29, 0.717) is 28.2 Å². The lowest BCUT2D eigenvalue weighted by atomic mass is 10.0. The maximum Gasteiger partial charge on any atom is 0.346 e. The Balaban J connectivity index is 0.000000167. The van der Waals surface area contributed by atoms with Crippen LogP contribution in [0.5, 0.6) is 0 Å². The van der Waals surface area contributed by atoms with E-state index in [1.807, 2.05) is 55.6 Å². The van der Waals surface area contributed by atoms with Crippen molar-refractivity contribution in [1.82, 2.24) is 0 Å². The number of anilines is 2. The van der Waals surface area contributed by atoms with Gasteiger partial charge in [-0.25, -0.2) is 28.9 Å². The highest BCUT2D eigenvalue weighted by Crippen LogP contribution is 2.30. The van der Waals surface area contributed by atoms with Gasteiger partial charge in [0.15, 0.2) is 5.78 Å². The number of rotatable bonds is 10. The topological polar surface area (TPSA) is 206 Å². The number of Topliss-reactive ketones (excluding diaryl/α,β-unsaturated/α-hetero) is 1. The maximum atomic E-state index is 12.8. The lowest BCUT2D eigenvalue weighted by Crippen LogP contribution is -2.29. The highest BCUT2D eigenvalue weighted by molar-refractivity contribution is 6.34. The Hall–Kier alpha value is -8.70. The van der Waals surface area contributed by atoms with Crippen LogP contribution in [0.15, 0.2) is 143 Å². The summed E-state index contributed by atoms with van der Waals surface area (Å²) in [7, 11) is 1.88. The van der Waals surface area contributed by atoms with E-state index in [-0.39, 0.29) is 33.9 Å². The van der Waals surface area contributed by atoms with Gasteiger partial charge in [-0.15, -0.1) is 0 Å². The maximum absolute atomic E-state index is 12.8. The average molecular weight is 827 g/mol. The van der Waals surface area contributed by atoms with E-state index >= 15 is 0 Å². The number of imide groups is 1. The summed E-state index contributed by atoms with van der Waals surface area (Å²) in [4.78, 5) is 98.1. The van der Waals surface area contributed by atoms with E-state index in [2.05, 4.69) is 32.2 Å². The zero-order valence-corrected chi connectivity index (χ0v) is 33.1. The molecule has 2 heterocycles. The second-order valence-electron chi connectivity index (χ2n) is 13.7. The van der Waals surface area contributed by atoms with Gasteiger partial charge < -0.3 is 15.2 Å². The molecular formula is C48H34N4O10. The predicted molar refractivity (Wildman–Crippen MR) is 227 cm³/mol. The van der Waals surface area contributed by atoms with Crippen molar-refractivity contribution in [2.45, 2.75) is 19.8 Å². The Kier molecular flexibility index (Phi) is 13.4. The lowest BCUT2D eigenvalue weighted by Gasteiger charge is -2.14. The molecule has 0 atom stereocenters. The first kappa shape index (κ1) is 42.9. The van der Waals surface area contributed by atoms with Crippen LogP contribution >= 0.6 is 0 Å². The first-order valence-corrected chi connectivity index (χ1v) is 18.8. The fourth-order valence-corrected chi connectivity index (χ4v) is 6.42. The van der Waals surface area contributed by atoms with Crippen LogP contribution in [0.2, 0.25) is 0 Å². The normalized spacial score (nSPS) is 11.9. The molecule has 0 saturated heterocycles. The van der Waals surface area contributed by atoms with Gasteiger partial charge in [0.25, 0.3) is 11.8 Å². The zero-order valence-electron chi connectivity index (χ0n) is 33.1. The van der Waals surface area contributed by atoms with Gasteiger partial charge in [0, 0.05) is 18.3 Å². The van der Waals surface area contributed by atoms with Crippen molar-refractivity contribution >= 4 is 70.4 Å². The van der Waals surface area contributed by atoms with Crippen molar-refractivity contribution in [3.63, 3.8) is 0 Å². The molecule has 14 heteroatoms. The van der Waals surface area contributed by atoms with Gasteiger partial charge >= 0.3 is 17.9 Å². The summed E-state index contributed by atoms with van der Waals surface area (Å²) in [5.74, 6) is -3.59. The number of carboxylic acid groups (broad SMARTS) is 1. The molecule has 0 radical (unpaired) electrons. The SMILES string of the molecule is CNc1ccc(Cc2ccc(N3C(=O)c4ccc(C(C)=O)cc4C3=O)cc2)cc1.O=C(O)c1ccc2c(c1)C(=O)OC2=O.O=C=Nc1ccc(Cc2ccc(N=C=O)cc2)cc1. The third-order valence-electron chi connectivity index (χ3n) is 9.66. The molecule has 14 nitrogen and oxygen atoms in total. The second-order valence-corrected chi connectivity index (χ2v) is 13.7. The van der Waals surface area contributed by atoms with Gasteiger partial charge in [0.1, 0.15) is 0 Å². The summed E-state index contributed by atoms with van der Waals surface area (Å²) in [5, 5.41) is 11.7. The number of esters is 2. The van der Waals surface area contributed by atoms with Crippen LogP contribution in [0, 0.1) is 0 Å². The zero-order chi connectivity index (χ0) is 44.3. The molecule has 0 aliphatic carbocycles. The van der Waals surface area contributed by atoms with Gasteiger partial charge in [-0.3, -0.25) is 14.4 Å². The van der Waals surface area contributed by atoms with E-state index in [0.717, 1.165) is 41.3 Å². The molecule has 0 bridgehead atoms. The number of fused-ring (bicyclic) bond motifs is 2. The minimum atomic E-state index is -1.15. The van der Waals surface area contributed by atoms with Gasteiger partial charge in [-0.05, 0) is 121 Å². The van der Waals surface area contributed by atoms with Crippen LogP contribution in [-0.4, -0.2) is 59.8 Å². The van der Waals surface area contributed by atoms with Gasteiger partial charge in [0.2, 0.25) is 12.2 Å². The van der Waals surface area contributed by atoms with Crippen molar-refractivity contribution < 1.29 is 48.2 Å². The van der Waals surface area contributed by atoms with Crippen molar-refractivity contribution in [3.8, 4) is 0 Å². The number of carboxylic acids is 1. The summed E-state index contributed by atoms with van der Waals surface area (Å²) in [6, 6.07) is 38.6. The molecule has 306 valence electrons. The number of carbonyl (C=O) groups excluding carboxylic acids is 7. The summed E-state index contributed by atoms with van der Waals surface area (Å²) >= 11 is 0. The van der Waals surface area contributed by atoms with E-state index in [4.69, 9.17) is 5.11 Å². The highest BCUT2D eigenvalue weighted by Gasteiger charge is 2.37. The second kappa shape index (κ2) is 19.4. The van der Waals surface area contributed by atoms with Gasteiger partial charge in [-0.2, -0.15) is 9.98 Å². The number of hydrogen-bond donors (Lipinski definition) is 2. The molecule has 0 fully saturated rings.